The van der Waals surface area contributed by atoms with Crippen LogP contribution in [-0.4, -0.2) is 12.5 Å². The van der Waals surface area contributed by atoms with E-state index in [1.807, 2.05) is 12.1 Å². The summed E-state index contributed by atoms with van der Waals surface area (Å²) >= 11 is 4.92. The van der Waals surface area contributed by atoms with Gasteiger partial charge in [0.2, 0.25) is 5.91 Å². The number of carbonyl (C=O) groups excluding carboxylic acids is 1. The zero-order valence-corrected chi connectivity index (χ0v) is 13.2. The van der Waals surface area contributed by atoms with E-state index in [9.17, 15) is 13.6 Å². The third kappa shape index (κ3) is 5.43. The van der Waals surface area contributed by atoms with Crippen molar-refractivity contribution in [2.24, 2.45) is 0 Å². The van der Waals surface area contributed by atoms with Crippen LogP contribution in [-0.2, 0) is 17.8 Å². The van der Waals surface area contributed by atoms with Crippen LogP contribution >= 0.6 is 27.3 Å². The topological polar surface area (TPSA) is 38.3 Å². The highest BCUT2D eigenvalue weighted by atomic mass is 79.9. The molecule has 0 spiro atoms. The standard InChI is InChI=1S/C14H12BrF2NO2S/c15-12-6-5-11(21-12)8-18-13(19)7-9-1-3-10(4-2-9)20-14(16)17/h1-6,14H,7-8H2,(H,18,19). The van der Waals surface area contributed by atoms with E-state index in [4.69, 9.17) is 0 Å². The average Bonchev–Trinajstić information content (AvgIpc) is 2.84. The Morgan fingerprint density at radius 3 is 2.52 bits per heavy atom. The maximum atomic E-state index is 12.0. The molecule has 1 amide bonds. The van der Waals surface area contributed by atoms with Crippen molar-refractivity contribution in [2.45, 2.75) is 19.6 Å². The van der Waals surface area contributed by atoms with Crippen LogP contribution in [0.5, 0.6) is 5.75 Å². The van der Waals surface area contributed by atoms with Crippen molar-refractivity contribution >= 4 is 33.2 Å². The molecule has 0 unspecified atom stereocenters. The maximum absolute atomic E-state index is 12.0. The number of ether oxygens (including phenoxy) is 1. The van der Waals surface area contributed by atoms with Crippen molar-refractivity contribution in [2.75, 3.05) is 0 Å². The molecule has 3 nitrogen and oxygen atoms in total. The van der Waals surface area contributed by atoms with E-state index in [0.717, 1.165) is 14.2 Å². The summed E-state index contributed by atoms with van der Waals surface area (Å²) in [5.74, 6) is -0.0420. The first-order chi connectivity index (χ1) is 10.0. The van der Waals surface area contributed by atoms with E-state index in [2.05, 4.69) is 26.0 Å². The molecule has 1 aromatic carbocycles. The molecule has 1 heterocycles. The molecule has 7 heteroatoms. The lowest BCUT2D eigenvalue weighted by atomic mass is 10.1. The lowest BCUT2D eigenvalue weighted by molar-refractivity contribution is -0.120. The van der Waals surface area contributed by atoms with Gasteiger partial charge in [-0.2, -0.15) is 8.78 Å². The molecule has 0 saturated carbocycles. The van der Waals surface area contributed by atoms with E-state index in [1.165, 1.54) is 12.1 Å². The first-order valence-corrected chi connectivity index (χ1v) is 7.68. The quantitative estimate of drug-likeness (QED) is 0.829. The highest BCUT2D eigenvalue weighted by Crippen LogP contribution is 2.21. The summed E-state index contributed by atoms with van der Waals surface area (Å²) in [5, 5.41) is 2.81. The second-order valence-electron chi connectivity index (χ2n) is 4.18. The maximum Gasteiger partial charge on any atom is 0.387 e. The Bertz CT molecular complexity index is 601. The van der Waals surface area contributed by atoms with Crippen molar-refractivity contribution < 1.29 is 18.3 Å². The van der Waals surface area contributed by atoms with Gasteiger partial charge in [-0.05, 0) is 45.8 Å². The van der Waals surface area contributed by atoms with E-state index >= 15 is 0 Å². The molecule has 1 aromatic heterocycles. The van der Waals surface area contributed by atoms with Crippen LogP contribution in [0.25, 0.3) is 0 Å². The molecule has 1 N–H and O–H groups in total. The zero-order chi connectivity index (χ0) is 15.2. The fourth-order valence-corrected chi connectivity index (χ4v) is 3.09. The van der Waals surface area contributed by atoms with Crippen LogP contribution in [0.3, 0.4) is 0 Å². The molecular formula is C14H12BrF2NO2S. The van der Waals surface area contributed by atoms with Crippen LogP contribution in [0.2, 0.25) is 0 Å². The monoisotopic (exact) mass is 375 g/mol. The molecule has 0 aliphatic heterocycles. The minimum absolute atomic E-state index is 0.0811. The molecule has 0 bridgehead atoms. The number of nitrogens with one attached hydrogen (secondary N) is 1. The molecule has 0 saturated heterocycles. The smallest absolute Gasteiger partial charge is 0.387 e. The van der Waals surface area contributed by atoms with Gasteiger partial charge in [0.25, 0.3) is 0 Å². The summed E-state index contributed by atoms with van der Waals surface area (Å²) in [5.41, 5.74) is 0.737. The minimum Gasteiger partial charge on any atom is -0.435 e. The Morgan fingerprint density at radius 2 is 1.95 bits per heavy atom. The number of alkyl halides is 2. The SMILES string of the molecule is O=C(Cc1ccc(OC(F)F)cc1)NCc1ccc(Br)s1. The van der Waals surface area contributed by atoms with Gasteiger partial charge in [-0.25, -0.2) is 0 Å². The molecule has 0 aliphatic rings. The fourth-order valence-electron chi connectivity index (χ4n) is 1.67. The third-order valence-corrected chi connectivity index (χ3v) is 4.23. The average molecular weight is 376 g/mol. The minimum atomic E-state index is -2.84. The van der Waals surface area contributed by atoms with Crippen molar-refractivity contribution in [3.63, 3.8) is 0 Å². The van der Waals surface area contributed by atoms with Gasteiger partial charge in [0.05, 0.1) is 16.8 Å². The Kier molecular flexibility index (Phi) is 5.69. The van der Waals surface area contributed by atoms with Gasteiger partial charge >= 0.3 is 6.61 Å². The van der Waals surface area contributed by atoms with E-state index in [0.29, 0.717) is 6.54 Å². The van der Waals surface area contributed by atoms with Crippen LogP contribution in [0, 0.1) is 0 Å². The number of carbonyl (C=O) groups is 1. The number of thiophene rings is 1. The van der Waals surface area contributed by atoms with Gasteiger partial charge in [-0.3, -0.25) is 4.79 Å². The molecular weight excluding hydrogens is 364 g/mol. The first-order valence-electron chi connectivity index (χ1n) is 6.07. The van der Waals surface area contributed by atoms with E-state index in [-0.39, 0.29) is 18.1 Å². The molecule has 0 radical (unpaired) electrons. The highest BCUT2D eigenvalue weighted by molar-refractivity contribution is 9.11. The van der Waals surface area contributed by atoms with E-state index < -0.39 is 6.61 Å². The van der Waals surface area contributed by atoms with Crippen molar-refractivity contribution in [1.82, 2.24) is 5.32 Å². The molecule has 21 heavy (non-hydrogen) atoms. The van der Waals surface area contributed by atoms with Crippen LogP contribution in [0.15, 0.2) is 40.2 Å². The number of hydrogen-bond acceptors (Lipinski definition) is 3. The third-order valence-electron chi connectivity index (χ3n) is 2.60. The second-order valence-corrected chi connectivity index (χ2v) is 6.73. The Labute approximate surface area is 133 Å². The summed E-state index contributed by atoms with van der Waals surface area (Å²) in [6, 6.07) is 9.90. The predicted molar refractivity (Wildman–Crippen MR) is 80.6 cm³/mol. The van der Waals surface area contributed by atoms with Gasteiger partial charge < -0.3 is 10.1 Å². The Hall–Kier alpha value is -1.47. The Balaban J connectivity index is 1.82. The van der Waals surface area contributed by atoms with Crippen molar-refractivity contribution in [3.8, 4) is 5.75 Å². The van der Waals surface area contributed by atoms with Crippen molar-refractivity contribution in [1.29, 1.82) is 0 Å². The van der Waals surface area contributed by atoms with Gasteiger partial charge in [-0.1, -0.05) is 12.1 Å². The predicted octanol–water partition coefficient (Wildman–Crippen LogP) is 3.97. The zero-order valence-electron chi connectivity index (χ0n) is 10.8. The molecule has 0 atom stereocenters. The number of halogens is 3. The second kappa shape index (κ2) is 7.51. The Morgan fingerprint density at radius 1 is 1.24 bits per heavy atom. The summed E-state index contributed by atoms with van der Waals surface area (Å²) in [6.45, 7) is -2.37. The highest BCUT2D eigenvalue weighted by Gasteiger charge is 2.07. The number of rotatable bonds is 6. The number of hydrogen-bond donors (Lipinski definition) is 1. The lowest BCUT2D eigenvalue weighted by Crippen LogP contribution is -2.24. The summed E-state index contributed by atoms with van der Waals surface area (Å²) in [4.78, 5) is 12.8. The first kappa shape index (κ1) is 15.9. The fraction of sp³-hybridized carbons (Fsp3) is 0.214. The molecule has 0 aliphatic carbocycles. The van der Waals surface area contributed by atoms with Gasteiger partial charge in [0, 0.05) is 4.88 Å². The summed E-state index contributed by atoms with van der Waals surface area (Å²) in [7, 11) is 0. The molecule has 112 valence electrons. The number of amides is 1. The van der Waals surface area contributed by atoms with Gasteiger partial charge in [-0.15, -0.1) is 11.3 Å². The van der Waals surface area contributed by atoms with Crippen LogP contribution in [0.4, 0.5) is 8.78 Å². The largest absolute Gasteiger partial charge is 0.435 e. The summed E-state index contributed by atoms with van der Waals surface area (Å²) in [6.07, 6.45) is 0.196. The summed E-state index contributed by atoms with van der Waals surface area (Å²) < 4.78 is 29.3. The van der Waals surface area contributed by atoms with E-state index in [1.54, 1.807) is 23.5 Å². The van der Waals surface area contributed by atoms with Crippen molar-refractivity contribution in [3.05, 3.63) is 50.6 Å². The van der Waals surface area contributed by atoms with Gasteiger partial charge in [0.1, 0.15) is 5.75 Å². The molecule has 2 aromatic rings. The normalized spacial score (nSPS) is 10.7. The van der Waals surface area contributed by atoms with Gasteiger partial charge in [0.15, 0.2) is 0 Å². The lowest BCUT2D eigenvalue weighted by Gasteiger charge is -2.06. The van der Waals surface area contributed by atoms with Crippen LogP contribution in [0.1, 0.15) is 10.4 Å². The van der Waals surface area contributed by atoms with Crippen LogP contribution < -0.4 is 10.1 Å². The molecule has 2 rings (SSSR count). The molecule has 0 fully saturated rings. The number of benzene rings is 1.